The van der Waals surface area contributed by atoms with Crippen LogP contribution < -0.4 is 0 Å². The molecule has 0 radical (unpaired) electrons. The lowest BCUT2D eigenvalue weighted by atomic mass is 9.54. The predicted octanol–water partition coefficient (Wildman–Crippen LogP) is 4.59. The normalized spacial score (nSPS) is 25.1. The average molecular weight is 334 g/mol. The molecule has 2 aromatic rings. The van der Waals surface area contributed by atoms with Gasteiger partial charge in [0.25, 0.3) is 0 Å². The fraction of sp³-hybridized carbons (Fsp3) is 0.455. The summed E-state index contributed by atoms with van der Waals surface area (Å²) in [5, 5.41) is 7.58. The zero-order valence-corrected chi connectivity index (χ0v) is 15.5. The number of rotatable bonds is 2. The summed E-state index contributed by atoms with van der Waals surface area (Å²) in [6, 6.07) is 10.5. The third-order valence-corrected chi connectivity index (χ3v) is 5.99. The molecule has 0 aliphatic heterocycles. The number of ketones is 1. The number of carbonyl (C=O) groups excluding carboxylic acids is 1. The second kappa shape index (κ2) is 5.42. The van der Waals surface area contributed by atoms with E-state index in [-0.39, 0.29) is 11.3 Å². The summed E-state index contributed by atoms with van der Waals surface area (Å²) in [7, 11) is 0. The summed E-state index contributed by atoms with van der Waals surface area (Å²) >= 11 is 0. The van der Waals surface area contributed by atoms with Gasteiger partial charge in [0.1, 0.15) is 0 Å². The Hall–Kier alpha value is -2.16. The predicted molar refractivity (Wildman–Crippen MR) is 99.4 cm³/mol. The molecule has 0 fully saturated rings. The van der Waals surface area contributed by atoms with Gasteiger partial charge in [-0.15, -0.1) is 0 Å². The van der Waals surface area contributed by atoms with Crippen LogP contribution in [0.2, 0.25) is 0 Å². The smallest absolute Gasteiger partial charge is 0.160 e. The number of benzene rings is 1. The third kappa shape index (κ3) is 2.25. The van der Waals surface area contributed by atoms with Gasteiger partial charge in [-0.05, 0) is 23.3 Å². The summed E-state index contributed by atoms with van der Waals surface area (Å²) in [5.41, 5.74) is 5.53. The Kier molecular flexibility index (Phi) is 3.54. The highest BCUT2D eigenvalue weighted by atomic mass is 16.1. The molecule has 25 heavy (non-hydrogen) atoms. The SMILES string of the molecule is CC(C)C1(c2ccccc2)C2=C(Cc3[nH]ncc31)CC(C)(C)CC2=O. The second-order valence-corrected chi connectivity index (χ2v) is 8.69. The van der Waals surface area contributed by atoms with E-state index in [2.05, 4.69) is 62.2 Å². The molecule has 0 bridgehead atoms. The minimum Gasteiger partial charge on any atom is -0.294 e. The lowest BCUT2D eigenvalue weighted by Gasteiger charge is -2.47. The number of allylic oxidation sites excluding steroid dienone is 2. The van der Waals surface area contributed by atoms with Crippen LogP contribution in [0.5, 0.6) is 0 Å². The lowest BCUT2D eigenvalue weighted by Crippen LogP contribution is -2.45. The van der Waals surface area contributed by atoms with Gasteiger partial charge in [0, 0.05) is 29.7 Å². The van der Waals surface area contributed by atoms with Crippen LogP contribution in [-0.2, 0) is 16.6 Å². The monoisotopic (exact) mass is 334 g/mol. The second-order valence-electron chi connectivity index (χ2n) is 8.69. The Balaban J connectivity index is 2.07. The van der Waals surface area contributed by atoms with Gasteiger partial charge >= 0.3 is 0 Å². The first-order chi connectivity index (χ1) is 11.9. The van der Waals surface area contributed by atoms with Gasteiger partial charge < -0.3 is 0 Å². The van der Waals surface area contributed by atoms with Crippen molar-refractivity contribution in [3.05, 3.63) is 64.5 Å². The average Bonchev–Trinajstić information content (AvgIpc) is 3.00. The minimum atomic E-state index is -0.398. The Morgan fingerprint density at radius 2 is 1.84 bits per heavy atom. The van der Waals surface area contributed by atoms with Crippen molar-refractivity contribution in [1.29, 1.82) is 0 Å². The van der Waals surface area contributed by atoms with Crippen LogP contribution in [0.4, 0.5) is 0 Å². The topological polar surface area (TPSA) is 45.8 Å². The molecule has 4 rings (SSSR count). The van der Waals surface area contributed by atoms with Crippen molar-refractivity contribution in [1.82, 2.24) is 10.2 Å². The van der Waals surface area contributed by atoms with Crippen LogP contribution in [0.3, 0.4) is 0 Å². The summed E-state index contributed by atoms with van der Waals surface area (Å²) in [6.07, 6.45) is 4.37. The number of aromatic nitrogens is 2. The highest BCUT2D eigenvalue weighted by molar-refractivity contribution is 6.01. The molecular formula is C22H26N2O. The van der Waals surface area contributed by atoms with Gasteiger partial charge in [0.05, 0.1) is 11.6 Å². The van der Waals surface area contributed by atoms with E-state index in [1.54, 1.807) is 0 Å². The van der Waals surface area contributed by atoms with Crippen molar-refractivity contribution in [3.8, 4) is 0 Å². The highest BCUT2D eigenvalue weighted by Crippen LogP contribution is 2.55. The molecule has 3 heteroatoms. The van der Waals surface area contributed by atoms with Crippen molar-refractivity contribution in [2.24, 2.45) is 11.3 Å². The van der Waals surface area contributed by atoms with Crippen LogP contribution in [-0.4, -0.2) is 16.0 Å². The molecular weight excluding hydrogens is 308 g/mol. The molecule has 0 spiro atoms. The van der Waals surface area contributed by atoms with Gasteiger partial charge in [0.15, 0.2) is 5.78 Å². The Labute approximate surface area is 149 Å². The fourth-order valence-electron chi connectivity index (χ4n) is 5.17. The highest BCUT2D eigenvalue weighted by Gasteiger charge is 2.52. The number of hydrogen-bond acceptors (Lipinski definition) is 2. The maximum atomic E-state index is 13.4. The number of nitrogens with zero attached hydrogens (tertiary/aromatic N) is 1. The van der Waals surface area contributed by atoms with E-state index in [9.17, 15) is 4.79 Å². The molecule has 0 saturated heterocycles. The number of carbonyl (C=O) groups is 1. The lowest BCUT2D eigenvalue weighted by molar-refractivity contribution is -0.119. The molecule has 1 aromatic carbocycles. The number of H-pyrrole nitrogens is 1. The molecule has 1 heterocycles. The zero-order valence-electron chi connectivity index (χ0n) is 15.5. The molecule has 1 atom stereocenters. The summed E-state index contributed by atoms with van der Waals surface area (Å²) < 4.78 is 0. The van der Waals surface area contributed by atoms with Crippen molar-refractivity contribution < 1.29 is 4.79 Å². The van der Waals surface area contributed by atoms with E-state index in [0.29, 0.717) is 12.2 Å². The first-order valence-corrected chi connectivity index (χ1v) is 9.20. The quantitative estimate of drug-likeness (QED) is 0.873. The summed E-state index contributed by atoms with van der Waals surface area (Å²) in [4.78, 5) is 13.4. The molecule has 130 valence electrons. The van der Waals surface area contributed by atoms with Gasteiger partial charge in [-0.3, -0.25) is 9.89 Å². The largest absolute Gasteiger partial charge is 0.294 e. The van der Waals surface area contributed by atoms with Gasteiger partial charge in [-0.2, -0.15) is 5.10 Å². The van der Waals surface area contributed by atoms with Crippen molar-refractivity contribution in [3.63, 3.8) is 0 Å². The van der Waals surface area contributed by atoms with Gasteiger partial charge in [-0.25, -0.2) is 0 Å². The maximum Gasteiger partial charge on any atom is 0.160 e. The molecule has 0 amide bonds. The zero-order chi connectivity index (χ0) is 17.8. The van der Waals surface area contributed by atoms with E-state index in [1.165, 1.54) is 22.4 Å². The molecule has 1 unspecified atom stereocenters. The van der Waals surface area contributed by atoms with E-state index in [0.717, 1.165) is 18.4 Å². The summed E-state index contributed by atoms with van der Waals surface area (Å²) in [5.74, 6) is 0.581. The summed E-state index contributed by atoms with van der Waals surface area (Å²) in [6.45, 7) is 8.87. The minimum absolute atomic E-state index is 0.0346. The molecule has 2 aliphatic rings. The molecule has 1 aromatic heterocycles. The van der Waals surface area contributed by atoms with Crippen LogP contribution in [0.15, 0.2) is 47.7 Å². The number of Topliss-reactive ketones (excluding diaryl/α,β-unsaturated/α-hetero) is 1. The van der Waals surface area contributed by atoms with E-state index < -0.39 is 5.41 Å². The number of aromatic amines is 1. The standard InChI is InChI=1S/C22H26N2O/c1-14(2)22(16-8-6-5-7-9-16)17-13-23-24-18(17)10-15-11-21(3,4)12-19(25)20(15)22/h5-9,13-14H,10-12H2,1-4H3,(H,23,24). The number of fused-ring (bicyclic) bond motifs is 1. The van der Waals surface area contributed by atoms with E-state index in [4.69, 9.17) is 0 Å². The Morgan fingerprint density at radius 3 is 2.52 bits per heavy atom. The fourth-order valence-corrected chi connectivity index (χ4v) is 5.17. The van der Waals surface area contributed by atoms with Crippen molar-refractivity contribution >= 4 is 5.78 Å². The van der Waals surface area contributed by atoms with Gasteiger partial charge in [-0.1, -0.05) is 63.6 Å². The third-order valence-electron chi connectivity index (χ3n) is 5.99. The molecule has 0 saturated carbocycles. The van der Waals surface area contributed by atoms with Crippen molar-refractivity contribution in [2.45, 2.75) is 52.4 Å². The molecule has 3 nitrogen and oxygen atoms in total. The maximum absolute atomic E-state index is 13.4. The first kappa shape index (κ1) is 16.3. The Morgan fingerprint density at radius 1 is 1.12 bits per heavy atom. The number of hydrogen-bond donors (Lipinski definition) is 1. The van der Waals surface area contributed by atoms with Crippen molar-refractivity contribution in [2.75, 3.05) is 0 Å². The first-order valence-electron chi connectivity index (χ1n) is 9.20. The van der Waals surface area contributed by atoms with Crippen LogP contribution in [0, 0.1) is 11.3 Å². The number of nitrogens with one attached hydrogen (secondary N) is 1. The van der Waals surface area contributed by atoms with E-state index >= 15 is 0 Å². The molecule has 1 N–H and O–H groups in total. The van der Waals surface area contributed by atoms with E-state index in [1.807, 2.05) is 12.3 Å². The van der Waals surface area contributed by atoms with Crippen LogP contribution >= 0.6 is 0 Å². The van der Waals surface area contributed by atoms with Crippen LogP contribution in [0.1, 0.15) is 57.4 Å². The Bertz CT molecular complexity index is 857. The van der Waals surface area contributed by atoms with Gasteiger partial charge in [0.2, 0.25) is 0 Å². The van der Waals surface area contributed by atoms with Crippen LogP contribution in [0.25, 0.3) is 0 Å². The molecule has 2 aliphatic carbocycles.